The largest absolute Gasteiger partial charge is 0.351 e. The lowest BCUT2D eigenvalue weighted by atomic mass is 10.3. The molecule has 0 spiro atoms. The highest BCUT2D eigenvalue weighted by Gasteiger charge is 2.28. The molecule has 3 heterocycles. The number of hydrogen-bond acceptors (Lipinski definition) is 6. The van der Waals surface area contributed by atoms with E-state index < -0.39 is 10.0 Å². The molecule has 0 aromatic carbocycles. The van der Waals surface area contributed by atoms with Crippen molar-refractivity contribution in [3.8, 4) is 0 Å². The number of thiophene rings is 1. The van der Waals surface area contributed by atoms with Gasteiger partial charge < -0.3 is 9.84 Å². The van der Waals surface area contributed by atoms with Crippen LogP contribution in [0.4, 0.5) is 0 Å². The summed E-state index contributed by atoms with van der Waals surface area (Å²) < 4.78 is 31.6. The van der Waals surface area contributed by atoms with Gasteiger partial charge >= 0.3 is 0 Å². The summed E-state index contributed by atoms with van der Waals surface area (Å²) in [5.74, 6) is -0.230. The van der Waals surface area contributed by atoms with Crippen LogP contribution in [0.5, 0.6) is 0 Å². The van der Waals surface area contributed by atoms with Crippen molar-refractivity contribution in [2.45, 2.75) is 30.5 Å². The molecule has 1 fully saturated rings. The van der Waals surface area contributed by atoms with Gasteiger partial charge in [0.25, 0.3) is 15.9 Å². The Bertz CT molecular complexity index is 804. The molecule has 0 radical (unpaired) electrons. The molecule has 1 aliphatic rings. The number of carbonyl (C=O) groups is 1. The van der Waals surface area contributed by atoms with Gasteiger partial charge in [-0.3, -0.25) is 4.79 Å². The van der Waals surface area contributed by atoms with Gasteiger partial charge in [-0.2, -0.15) is 4.31 Å². The third kappa shape index (κ3) is 3.46. The molecular formula is C14H17N3O4S2. The van der Waals surface area contributed by atoms with E-state index in [0.29, 0.717) is 23.0 Å². The smallest absolute Gasteiger partial charge is 0.290 e. The predicted molar refractivity (Wildman–Crippen MR) is 84.7 cm³/mol. The Morgan fingerprint density at radius 3 is 2.78 bits per heavy atom. The highest BCUT2D eigenvalue weighted by molar-refractivity contribution is 7.91. The standard InChI is InChI=1S/C14H17N3O4S2/c1-10-8-12(21-16-10)14(18)15-9-11-4-5-13(22-11)23(19,20)17-6-2-3-7-17/h4-5,8H,2-3,6-7,9H2,1H3,(H,15,18). The zero-order valence-corrected chi connectivity index (χ0v) is 14.2. The van der Waals surface area contributed by atoms with E-state index in [1.54, 1.807) is 25.1 Å². The monoisotopic (exact) mass is 355 g/mol. The van der Waals surface area contributed by atoms with Crippen LogP contribution in [-0.4, -0.2) is 36.9 Å². The van der Waals surface area contributed by atoms with Crippen LogP contribution in [0, 0.1) is 6.92 Å². The van der Waals surface area contributed by atoms with Crippen LogP contribution in [0.1, 0.15) is 34.0 Å². The predicted octanol–water partition coefficient (Wildman–Crippen LogP) is 1.76. The summed E-state index contributed by atoms with van der Waals surface area (Å²) in [6.07, 6.45) is 1.81. The van der Waals surface area contributed by atoms with Crippen LogP contribution in [0.3, 0.4) is 0 Å². The second-order valence-corrected chi connectivity index (χ2v) is 8.68. The number of carbonyl (C=O) groups excluding carboxylic acids is 1. The number of sulfonamides is 1. The zero-order valence-electron chi connectivity index (χ0n) is 12.6. The van der Waals surface area contributed by atoms with Gasteiger partial charge in [0.15, 0.2) is 0 Å². The number of aryl methyl sites for hydroxylation is 1. The molecule has 7 nitrogen and oxygen atoms in total. The fourth-order valence-electron chi connectivity index (χ4n) is 2.37. The van der Waals surface area contributed by atoms with Crippen molar-refractivity contribution in [2.24, 2.45) is 0 Å². The maximum Gasteiger partial charge on any atom is 0.290 e. The highest BCUT2D eigenvalue weighted by Crippen LogP contribution is 2.27. The Morgan fingerprint density at radius 2 is 2.13 bits per heavy atom. The molecular weight excluding hydrogens is 338 g/mol. The first-order valence-electron chi connectivity index (χ1n) is 7.27. The summed E-state index contributed by atoms with van der Waals surface area (Å²) in [6, 6.07) is 4.87. The molecule has 1 saturated heterocycles. The summed E-state index contributed by atoms with van der Waals surface area (Å²) in [7, 11) is -3.39. The molecule has 2 aromatic heterocycles. The van der Waals surface area contributed by atoms with E-state index in [9.17, 15) is 13.2 Å². The lowest BCUT2D eigenvalue weighted by Gasteiger charge is -2.13. The van der Waals surface area contributed by atoms with Crippen molar-refractivity contribution in [3.63, 3.8) is 0 Å². The van der Waals surface area contributed by atoms with Crippen molar-refractivity contribution in [1.82, 2.24) is 14.8 Å². The normalized spacial score (nSPS) is 15.9. The number of amides is 1. The van der Waals surface area contributed by atoms with E-state index in [-0.39, 0.29) is 18.2 Å². The molecule has 0 aliphatic carbocycles. The highest BCUT2D eigenvalue weighted by atomic mass is 32.2. The third-order valence-electron chi connectivity index (χ3n) is 3.57. The van der Waals surface area contributed by atoms with Crippen LogP contribution >= 0.6 is 11.3 Å². The van der Waals surface area contributed by atoms with Gasteiger partial charge in [-0.25, -0.2) is 8.42 Å². The quantitative estimate of drug-likeness (QED) is 0.882. The Balaban J connectivity index is 1.64. The molecule has 124 valence electrons. The number of nitrogens with zero attached hydrogens (tertiary/aromatic N) is 2. The molecule has 9 heteroatoms. The first-order chi connectivity index (χ1) is 11.0. The fourth-order valence-corrected chi connectivity index (χ4v) is 5.34. The van der Waals surface area contributed by atoms with Gasteiger partial charge in [0.05, 0.1) is 12.2 Å². The summed E-state index contributed by atoms with van der Waals surface area (Å²) in [6.45, 7) is 3.14. The van der Waals surface area contributed by atoms with E-state index in [2.05, 4.69) is 10.5 Å². The fraction of sp³-hybridized carbons (Fsp3) is 0.429. The van der Waals surface area contributed by atoms with E-state index in [1.165, 1.54) is 15.6 Å². The molecule has 1 amide bonds. The summed E-state index contributed by atoms with van der Waals surface area (Å²) in [5.41, 5.74) is 0.630. The zero-order chi connectivity index (χ0) is 16.4. The SMILES string of the molecule is Cc1cc(C(=O)NCc2ccc(S(=O)(=O)N3CCCC3)s2)on1. The minimum absolute atomic E-state index is 0.143. The van der Waals surface area contributed by atoms with Crippen LogP contribution in [-0.2, 0) is 16.6 Å². The molecule has 23 heavy (non-hydrogen) atoms. The number of rotatable bonds is 5. The minimum Gasteiger partial charge on any atom is -0.351 e. The molecule has 0 bridgehead atoms. The first-order valence-corrected chi connectivity index (χ1v) is 9.53. The molecule has 0 unspecified atom stereocenters. The Kier molecular flexibility index (Phi) is 4.51. The molecule has 0 saturated carbocycles. The second-order valence-electron chi connectivity index (χ2n) is 5.35. The van der Waals surface area contributed by atoms with Crippen LogP contribution < -0.4 is 5.32 Å². The van der Waals surface area contributed by atoms with Gasteiger partial charge in [-0.15, -0.1) is 11.3 Å². The maximum absolute atomic E-state index is 12.4. The Morgan fingerprint density at radius 1 is 1.39 bits per heavy atom. The number of nitrogens with one attached hydrogen (secondary N) is 1. The average Bonchev–Trinajstić information content (AvgIpc) is 3.25. The van der Waals surface area contributed by atoms with E-state index in [1.807, 2.05) is 0 Å². The molecule has 0 atom stereocenters. The molecule has 2 aromatic rings. The average molecular weight is 355 g/mol. The van der Waals surface area contributed by atoms with E-state index in [4.69, 9.17) is 4.52 Å². The van der Waals surface area contributed by atoms with Gasteiger partial charge in [0.1, 0.15) is 4.21 Å². The topological polar surface area (TPSA) is 92.5 Å². The Labute approximate surface area is 138 Å². The van der Waals surface area contributed by atoms with Gasteiger partial charge in [0.2, 0.25) is 5.76 Å². The lowest BCUT2D eigenvalue weighted by molar-refractivity contribution is 0.0914. The van der Waals surface area contributed by atoms with Crippen molar-refractivity contribution in [3.05, 3.63) is 34.5 Å². The third-order valence-corrected chi connectivity index (χ3v) is 7.02. The molecule has 3 rings (SSSR count). The van der Waals surface area contributed by atoms with Crippen molar-refractivity contribution < 1.29 is 17.7 Å². The van der Waals surface area contributed by atoms with Crippen LogP contribution in [0.25, 0.3) is 0 Å². The minimum atomic E-state index is -3.39. The second kappa shape index (κ2) is 6.42. The van der Waals surface area contributed by atoms with Gasteiger partial charge in [-0.05, 0) is 31.9 Å². The summed E-state index contributed by atoms with van der Waals surface area (Å²) in [4.78, 5) is 12.6. The number of aromatic nitrogens is 1. The summed E-state index contributed by atoms with van der Waals surface area (Å²) >= 11 is 1.18. The van der Waals surface area contributed by atoms with E-state index in [0.717, 1.165) is 17.7 Å². The van der Waals surface area contributed by atoms with Gasteiger partial charge in [0, 0.05) is 24.0 Å². The summed E-state index contributed by atoms with van der Waals surface area (Å²) in [5, 5.41) is 6.35. The van der Waals surface area contributed by atoms with Crippen LogP contribution in [0.15, 0.2) is 26.9 Å². The van der Waals surface area contributed by atoms with E-state index >= 15 is 0 Å². The van der Waals surface area contributed by atoms with Crippen LogP contribution in [0.2, 0.25) is 0 Å². The van der Waals surface area contributed by atoms with Gasteiger partial charge in [-0.1, -0.05) is 5.16 Å². The lowest BCUT2D eigenvalue weighted by Crippen LogP contribution is -2.27. The molecule has 1 aliphatic heterocycles. The Hall–Kier alpha value is -1.71. The van der Waals surface area contributed by atoms with Crippen molar-refractivity contribution in [2.75, 3.05) is 13.1 Å². The number of hydrogen-bond donors (Lipinski definition) is 1. The molecule has 1 N–H and O–H groups in total. The van der Waals surface area contributed by atoms with Crippen molar-refractivity contribution in [1.29, 1.82) is 0 Å². The first kappa shape index (κ1) is 16.2. The maximum atomic E-state index is 12.4. The van der Waals surface area contributed by atoms with Crippen molar-refractivity contribution >= 4 is 27.3 Å².